The van der Waals surface area contributed by atoms with Gasteiger partial charge in [0.1, 0.15) is 18.5 Å². The van der Waals surface area contributed by atoms with E-state index in [1.165, 1.54) is 0 Å². The molecule has 3 rings (SSSR count). The van der Waals surface area contributed by atoms with Crippen LogP contribution in [0.3, 0.4) is 0 Å². The number of rotatable bonds is 5. The molecule has 3 heteroatoms. The van der Waals surface area contributed by atoms with Crippen LogP contribution in [0.25, 0.3) is 0 Å². The van der Waals surface area contributed by atoms with Gasteiger partial charge in [-0.3, -0.25) is 4.79 Å². The number of hydrogen-bond donors (Lipinski definition) is 0. The maximum absolute atomic E-state index is 12.6. The Hall–Kier alpha value is -2.13. The van der Waals surface area contributed by atoms with E-state index in [-0.39, 0.29) is 11.9 Å². The summed E-state index contributed by atoms with van der Waals surface area (Å²) in [7, 11) is 0. The number of ether oxygens (including phenoxy) is 2. The van der Waals surface area contributed by atoms with Crippen LogP contribution in [-0.2, 0) is 4.74 Å². The van der Waals surface area contributed by atoms with Crippen molar-refractivity contribution in [2.24, 2.45) is 0 Å². The highest BCUT2D eigenvalue weighted by molar-refractivity contribution is 6.10. The molecule has 3 nitrogen and oxygen atoms in total. The van der Waals surface area contributed by atoms with Crippen molar-refractivity contribution in [3.8, 4) is 5.75 Å². The van der Waals surface area contributed by atoms with Crippen LogP contribution in [0.2, 0.25) is 0 Å². The molecule has 0 radical (unpaired) electrons. The summed E-state index contributed by atoms with van der Waals surface area (Å²) in [5, 5.41) is 0. The summed E-state index contributed by atoms with van der Waals surface area (Å²) in [6.07, 6.45) is 0.178. The predicted molar refractivity (Wildman–Crippen MR) is 76.3 cm³/mol. The first-order valence-corrected chi connectivity index (χ1v) is 6.69. The van der Waals surface area contributed by atoms with E-state index in [2.05, 4.69) is 0 Å². The second-order valence-corrected chi connectivity index (χ2v) is 4.96. The van der Waals surface area contributed by atoms with Gasteiger partial charge in [0.15, 0.2) is 5.78 Å². The molecule has 102 valence electrons. The fourth-order valence-corrected chi connectivity index (χ4v) is 2.07. The molecule has 0 bridgehead atoms. The number of para-hydroxylation sites is 1. The molecule has 1 unspecified atom stereocenters. The van der Waals surface area contributed by atoms with E-state index in [1.807, 2.05) is 49.4 Å². The zero-order chi connectivity index (χ0) is 13.9. The highest BCUT2D eigenvalue weighted by Gasteiger charge is 2.24. The summed E-state index contributed by atoms with van der Waals surface area (Å²) in [5.74, 6) is 0.607. The Kier molecular flexibility index (Phi) is 3.52. The Bertz CT molecular complexity index is 630. The minimum absolute atomic E-state index is 0.0129. The molecule has 0 aromatic heterocycles. The van der Waals surface area contributed by atoms with Gasteiger partial charge in [0.25, 0.3) is 0 Å². The lowest BCUT2D eigenvalue weighted by atomic mass is 10.0. The summed E-state index contributed by atoms with van der Waals surface area (Å²) in [5.41, 5.74) is 2.35. The van der Waals surface area contributed by atoms with E-state index in [4.69, 9.17) is 9.47 Å². The van der Waals surface area contributed by atoms with Gasteiger partial charge in [0, 0.05) is 5.56 Å². The number of benzene rings is 2. The molecule has 1 aliphatic rings. The summed E-state index contributed by atoms with van der Waals surface area (Å²) in [4.78, 5) is 12.6. The molecule has 1 saturated heterocycles. The van der Waals surface area contributed by atoms with Gasteiger partial charge >= 0.3 is 0 Å². The average molecular weight is 268 g/mol. The number of carbonyl (C=O) groups is 1. The normalized spacial score (nSPS) is 16.8. The van der Waals surface area contributed by atoms with Crippen LogP contribution in [0, 0.1) is 6.92 Å². The molecule has 20 heavy (non-hydrogen) atoms. The summed E-state index contributed by atoms with van der Waals surface area (Å²) >= 11 is 0. The molecule has 1 heterocycles. The zero-order valence-corrected chi connectivity index (χ0v) is 11.3. The van der Waals surface area contributed by atoms with Gasteiger partial charge in [0.05, 0.1) is 12.2 Å². The maximum atomic E-state index is 12.6. The van der Waals surface area contributed by atoms with Crippen molar-refractivity contribution in [1.29, 1.82) is 0 Å². The Morgan fingerprint density at radius 1 is 1.25 bits per heavy atom. The van der Waals surface area contributed by atoms with Crippen LogP contribution in [0.5, 0.6) is 5.75 Å². The predicted octanol–water partition coefficient (Wildman–Crippen LogP) is 3.00. The molecule has 0 aliphatic carbocycles. The van der Waals surface area contributed by atoms with Crippen LogP contribution in [0.1, 0.15) is 21.5 Å². The maximum Gasteiger partial charge on any atom is 0.196 e. The first kappa shape index (κ1) is 12.9. The molecular weight excluding hydrogens is 252 g/mol. The Morgan fingerprint density at radius 2 is 2.05 bits per heavy atom. The van der Waals surface area contributed by atoms with E-state index < -0.39 is 0 Å². The topological polar surface area (TPSA) is 38.8 Å². The summed E-state index contributed by atoms with van der Waals surface area (Å²) < 4.78 is 10.8. The second-order valence-electron chi connectivity index (χ2n) is 4.96. The smallest absolute Gasteiger partial charge is 0.196 e. The third-order valence-corrected chi connectivity index (χ3v) is 3.24. The van der Waals surface area contributed by atoms with Crippen molar-refractivity contribution in [3.63, 3.8) is 0 Å². The van der Waals surface area contributed by atoms with Crippen LogP contribution in [0.15, 0.2) is 48.5 Å². The lowest BCUT2D eigenvalue weighted by Gasteiger charge is -2.10. The lowest BCUT2D eigenvalue weighted by molar-refractivity contribution is 0.103. The van der Waals surface area contributed by atoms with Crippen LogP contribution >= 0.6 is 0 Å². The van der Waals surface area contributed by atoms with E-state index >= 15 is 0 Å². The molecule has 0 amide bonds. The molecule has 2 aromatic rings. The molecule has 1 aliphatic heterocycles. The number of epoxide rings is 1. The van der Waals surface area contributed by atoms with Crippen molar-refractivity contribution in [2.45, 2.75) is 13.0 Å². The van der Waals surface area contributed by atoms with Gasteiger partial charge in [-0.15, -0.1) is 0 Å². The van der Waals surface area contributed by atoms with Gasteiger partial charge in [-0.25, -0.2) is 0 Å². The van der Waals surface area contributed by atoms with Crippen LogP contribution in [0.4, 0.5) is 0 Å². The fraction of sp³-hybridized carbons (Fsp3) is 0.235. The quantitative estimate of drug-likeness (QED) is 0.618. The van der Waals surface area contributed by atoms with Gasteiger partial charge < -0.3 is 9.47 Å². The standard InChI is InChI=1S/C17H16O3/c1-12-5-4-6-13(9-12)17(18)15-7-2-3-8-16(15)20-11-14-10-19-14/h2-9,14H,10-11H2,1H3. The molecule has 0 N–H and O–H groups in total. The minimum atomic E-state index is -0.0129. The second kappa shape index (κ2) is 5.47. The molecule has 0 saturated carbocycles. The zero-order valence-electron chi connectivity index (χ0n) is 11.3. The molecule has 1 fully saturated rings. The van der Waals surface area contributed by atoms with Gasteiger partial charge in [-0.1, -0.05) is 35.9 Å². The number of carbonyl (C=O) groups excluding carboxylic acids is 1. The van der Waals surface area contributed by atoms with Crippen LogP contribution in [-0.4, -0.2) is 25.1 Å². The first-order chi connectivity index (χ1) is 9.74. The lowest BCUT2D eigenvalue weighted by Crippen LogP contribution is -2.09. The van der Waals surface area contributed by atoms with Gasteiger partial charge in [-0.2, -0.15) is 0 Å². The van der Waals surface area contributed by atoms with Gasteiger partial charge in [0.2, 0.25) is 0 Å². The Labute approximate surface area is 118 Å². The Morgan fingerprint density at radius 3 is 2.80 bits per heavy atom. The van der Waals surface area contributed by atoms with Gasteiger partial charge in [-0.05, 0) is 25.1 Å². The SMILES string of the molecule is Cc1cccc(C(=O)c2ccccc2OCC2CO2)c1. The highest BCUT2D eigenvalue weighted by atomic mass is 16.6. The average Bonchev–Trinajstić information content (AvgIpc) is 3.29. The van der Waals surface area contributed by atoms with E-state index in [1.54, 1.807) is 6.07 Å². The van der Waals surface area contributed by atoms with E-state index in [0.29, 0.717) is 23.5 Å². The first-order valence-electron chi connectivity index (χ1n) is 6.69. The van der Waals surface area contributed by atoms with Crippen molar-refractivity contribution in [2.75, 3.05) is 13.2 Å². The van der Waals surface area contributed by atoms with Crippen molar-refractivity contribution >= 4 is 5.78 Å². The number of hydrogen-bond acceptors (Lipinski definition) is 3. The largest absolute Gasteiger partial charge is 0.490 e. The third-order valence-electron chi connectivity index (χ3n) is 3.24. The van der Waals surface area contributed by atoms with Crippen molar-refractivity contribution < 1.29 is 14.3 Å². The third kappa shape index (κ3) is 2.89. The molecule has 2 aromatic carbocycles. The van der Waals surface area contributed by atoms with E-state index in [0.717, 1.165) is 12.2 Å². The Balaban J connectivity index is 1.86. The highest BCUT2D eigenvalue weighted by Crippen LogP contribution is 2.23. The molecular formula is C17H16O3. The summed E-state index contributed by atoms with van der Waals surface area (Å²) in [6.45, 7) is 3.22. The van der Waals surface area contributed by atoms with Crippen molar-refractivity contribution in [3.05, 3.63) is 65.2 Å². The summed E-state index contributed by atoms with van der Waals surface area (Å²) in [6, 6.07) is 14.9. The number of ketones is 1. The minimum Gasteiger partial charge on any atom is -0.490 e. The molecule has 1 atom stereocenters. The van der Waals surface area contributed by atoms with E-state index in [9.17, 15) is 4.79 Å². The number of aryl methyl sites for hydroxylation is 1. The van der Waals surface area contributed by atoms with Crippen molar-refractivity contribution in [1.82, 2.24) is 0 Å². The monoisotopic (exact) mass is 268 g/mol. The van der Waals surface area contributed by atoms with Crippen LogP contribution < -0.4 is 4.74 Å². The fourth-order valence-electron chi connectivity index (χ4n) is 2.07. The molecule has 0 spiro atoms.